The van der Waals surface area contributed by atoms with E-state index < -0.39 is 10.8 Å². The Kier molecular flexibility index (Phi) is 7.42. The van der Waals surface area contributed by atoms with Crippen molar-refractivity contribution < 1.29 is 9.59 Å². The smallest absolute Gasteiger partial charge is 0.146 e. The molecule has 0 aromatic heterocycles. The quantitative estimate of drug-likeness (QED) is 0.245. The van der Waals surface area contributed by atoms with Gasteiger partial charge < -0.3 is 0 Å². The van der Waals surface area contributed by atoms with Crippen LogP contribution in [0.1, 0.15) is 114 Å². The van der Waals surface area contributed by atoms with Crippen molar-refractivity contribution in [3.8, 4) is 0 Å². The van der Waals surface area contributed by atoms with E-state index in [2.05, 4.69) is 134 Å². The third-order valence-corrected chi connectivity index (χ3v) is 16.1. The van der Waals surface area contributed by atoms with Crippen LogP contribution in [0.25, 0.3) is 0 Å². The Bertz CT molecular complexity index is 1260. The lowest BCUT2D eigenvalue weighted by molar-refractivity contribution is -0.167. The number of carbonyl (C=O) groups is 2. The number of hydrogen-bond acceptors (Lipinski definition) is 2. The summed E-state index contributed by atoms with van der Waals surface area (Å²) in [6, 6.07) is 21.2. The number of carbonyl (C=O) groups excluding carboxylic acids is 2. The van der Waals surface area contributed by atoms with E-state index in [0.29, 0.717) is 11.6 Å². The van der Waals surface area contributed by atoms with Gasteiger partial charge in [-0.05, 0) is 85.2 Å². The Morgan fingerprint density at radius 3 is 1.24 bits per heavy atom. The van der Waals surface area contributed by atoms with Crippen LogP contribution >= 0.6 is 31.9 Å². The van der Waals surface area contributed by atoms with E-state index in [1.165, 1.54) is 11.1 Å². The predicted octanol–water partition coefficient (Wildman–Crippen LogP) is 10.8. The number of halogens is 2. The van der Waals surface area contributed by atoms with Crippen LogP contribution in [-0.2, 0) is 9.59 Å². The second-order valence-corrected chi connectivity index (χ2v) is 17.9. The molecule has 2 aromatic rings. The average Bonchev–Trinajstić information content (AvgIpc) is 3.46. The average molecular weight is 697 g/mol. The zero-order chi connectivity index (χ0) is 30.3. The summed E-state index contributed by atoms with van der Waals surface area (Å²) < 4.78 is 0. The molecule has 0 unspecified atom stereocenters. The third-order valence-electron chi connectivity index (χ3n) is 14.2. The van der Waals surface area contributed by atoms with Crippen molar-refractivity contribution in [3.63, 3.8) is 0 Å². The third kappa shape index (κ3) is 3.72. The van der Waals surface area contributed by atoms with Crippen LogP contribution in [0.5, 0.6) is 0 Å². The van der Waals surface area contributed by atoms with Gasteiger partial charge in [-0.25, -0.2) is 0 Å². The molecule has 8 atom stereocenters. The van der Waals surface area contributed by atoms with E-state index in [4.69, 9.17) is 0 Å². The van der Waals surface area contributed by atoms with Crippen LogP contribution in [0.2, 0.25) is 0 Å². The molecule has 0 saturated heterocycles. The zero-order valence-electron chi connectivity index (χ0n) is 26.3. The molecule has 4 saturated carbocycles. The largest absolute Gasteiger partial charge is 0.298 e. The molecule has 4 heteroatoms. The van der Waals surface area contributed by atoms with Gasteiger partial charge in [0.2, 0.25) is 0 Å². The standard InChI is InChI=1S/C38H48Br2O2/c1-33(2)29-19-21-35(33,5)31(41)37(29,23-17-27(39)25-13-9-7-10-14-25)38(24-18-28(40)26-15-11-8-12-16-26)30-20-22-36(6,32(38)42)34(30,3)4/h7-16,27-30H,17-24H2,1-6H3/t27-,28+,29-,30-,35-,36+,37-,38-/m0/s1. The summed E-state index contributed by atoms with van der Waals surface area (Å²) in [6.45, 7) is 13.9. The van der Waals surface area contributed by atoms with Crippen LogP contribution in [0.4, 0.5) is 0 Å². The van der Waals surface area contributed by atoms with Gasteiger partial charge in [-0.15, -0.1) is 0 Å². The van der Waals surface area contributed by atoms with Crippen LogP contribution in [-0.4, -0.2) is 11.6 Å². The van der Waals surface area contributed by atoms with Crippen molar-refractivity contribution in [2.45, 2.75) is 103 Å². The van der Waals surface area contributed by atoms with Gasteiger partial charge >= 0.3 is 0 Å². The molecule has 0 amide bonds. The Labute approximate surface area is 270 Å². The first kappa shape index (κ1) is 30.8. The van der Waals surface area contributed by atoms with E-state index in [0.717, 1.165) is 51.4 Å². The van der Waals surface area contributed by atoms with Gasteiger partial charge in [-0.2, -0.15) is 0 Å². The Morgan fingerprint density at radius 2 is 0.952 bits per heavy atom. The molecular formula is C38H48Br2O2. The molecule has 2 nitrogen and oxygen atoms in total. The summed E-state index contributed by atoms with van der Waals surface area (Å²) in [6.07, 6.45) is 7.23. The number of hydrogen-bond donors (Lipinski definition) is 0. The topological polar surface area (TPSA) is 34.1 Å². The Morgan fingerprint density at radius 1 is 0.619 bits per heavy atom. The van der Waals surface area contributed by atoms with Gasteiger partial charge in [-0.3, -0.25) is 9.59 Å². The minimum absolute atomic E-state index is 0.133. The summed E-state index contributed by atoms with van der Waals surface area (Å²) in [5.74, 6) is 1.25. The molecule has 226 valence electrons. The number of rotatable bonds is 9. The van der Waals surface area contributed by atoms with Gasteiger partial charge in [-0.1, -0.05) is 134 Å². The van der Waals surface area contributed by atoms with Crippen molar-refractivity contribution >= 4 is 43.4 Å². The van der Waals surface area contributed by atoms with Crippen molar-refractivity contribution in [1.82, 2.24) is 0 Å². The van der Waals surface area contributed by atoms with Crippen LogP contribution in [0.15, 0.2) is 60.7 Å². The number of fused-ring (bicyclic) bond motifs is 4. The fourth-order valence-corrected chi connectivity index (χ4v) is 12.3. The van der Waals surface area contributed by atoms with Gasteiger partial charge in [0.1, 0.15) is 11.6 Å². The van der Waals surface area contributed by atoms with E-state index in [9.17, 15) is 0 Å². The van der Waals surface area contributed by atoms with E-state index >= 15 is 9.59 Å². The molecule has 4 aliphatic rings. The van der Waals surface area contributed by atoms with Crippen molar-refractivity contribution in [2.75, 3.05) is 0 Å². The first-order chi connectivity index (χ1) is 19.7. The van der Waals surface area contributed by atoms with Gasteiger partial charge in [0.25, 0.3) is 0 Å². The molecule has 0 radical (unpaired) electrons. The maximum atomic E-state index is 15.4. The monoisotopic (exact) mass is 694 g/mol. The molecule has 0 N–H and O–H groups in total. The van der Waals surface area contributed by atoms with Crippen molar-refractivity contribution in [2.24, 2.45) is 44.3 Å². The van der Waals surface area contributed by atoms with E-state index in [1.807, 2.05) is 0 Å². The molecule has 6 rings (SSSR count). The van der Waals surface area contributed by atoms with Crippen LogP contribution < -0.4 is 0 Å². The summed E-state index contributed by atoms with van der Waals surface area (Å²) in [5.41, 5.74) is 0.158. The highest BCUT2D eigenvalue weighted by atomic mass is 79.9. The number of alkyl halides is 2. The van der Waals surface area contributed by atoms with Crippen molar-refractivity contribution in [3.05, 3.63) is 71.8 Å². The molecule has 4 fully saturated rings. The minimum atomic E-state index is -0.648. The summed E-state index contributed by atoms with van der Waals surface area (Å²) in [5, 5.41) is 0. The highest BCUT2D eigenvalue weighted by molar-refractivity contribution is 9.09. The molecule has 4 bridgehead atoms. The maximum Gasteiger partial charge on any atom is 0.146 e. The lowest BCUT2D eigenvalue weighted by Gasteiger charge is -2.56. The fraction of sp³-hybridized carbons (Fsp3) is 0.632. The Balaban J connectivity index is 1.51. The molecule has 0 spiro atoms. The second kappa shape index (κ2) is 10.1. The molecule has 42 heavy (non-hydrogen) atoms. The van der Waals surface area contributed by atoms with E-state index in [-0.39, 0.29) is 43.2 Å². The van der Waals surface area contributed by atoms with Crippen molar-refractivity contribution in [1.29, 1.82) is 0 Å². The normalized spacial score (nSPS) is 39.1. The van der Waals surface area contributed by atoms with Crippen LogP contribution in [0.3, 0.4) is 0 Å². The second-order valence-electron chi connectivity index (χ2n) is 15.7. The number of ketones is 2. The first-order valence-electron chi connectivity index (χ1n) is 16.2. The highest BCUT2D eigenvalue weighted by Gasteiger charge is 2.85. The minimum Gasteiger partial charge on any atom is -0.298 e. The predicted molar refractivity (Wildman–Crippen MR) is 179 cm³/mol. The lowest BCUT2D eigenvalue weighted by Crippen LogP contribution is -2.60. The van der Waals surface area contributed by atoms with E-state index in [1.54, 1.807) is 0 Å². The van der Waals surface area contributed by atoms with Crippen LogP contribution in [0, 0.1) is 44.3 Å². The molecule has 0 aliphatic heterocycles. The Hall–Kier alpha value is -1.26. The molecule has 2 aromatic carbocycles. The molecule has 4 aliphatic carbocycles. The number of Topliss-reactive ketones (excluding diaryl/α,β-unsaturated/α-hetero) is 2. The van der Waals surface area contributed by atoms with Gasteiger partial charge in [0.15, 0.2) is 0 Å². The van der Waals surface area contributed by atoms with Gasteiger partial charge in [0.05, 0.1) is 0 Å². The summed E-state index contributed by atoms with van der Waals surface area (Å²) in [4.78, 5) is 31.2. The van der Waals surface area contributed by atoms with Gasteiger partial charge in [0, 0.05) is 31.3 Å². The molecular weight excluding hydrogens is 648 g/mol. The maximum absolute atomic E-state index is 15.4. The lowest BCUT2D eigenvalue weighted by atomic mass is 9.45. The fourth-order valence-electron chi connectivity index (χ4n) is 11.3. The first-order valence-corrected chi connectivity index (χ1v) is 18.0. The summed E-state index contributed by atoms with van der Waals surface area (Å²) >= 11 is 8.07. The summed E-state index contributed by atoms with van der Waals surface area (Å²) in [7, 11) is 0. The highest BCUT2D eigenvalue weighted by Crippen LogP contribution is 2.83. The SMILES string of the molecule is CC1(C)[C@@H]2CC[C@@]1(C)C(=O)[C@@]2(CC[C@H](Br)c1ccccc1)[C@]1(CC[C@@H](Br)c2ccccc2)C(=O)[C@@]2(C)CC[C@H]1C2(C)C. The molecule has 0 heterocycles. The number of benzene rings is 2. The zero-order valence-corrected chi connectivity index (χ0v) is 29.5.